The molecule has 8 heteroatoms. The fourth-order valence-electron chi connectivity index (χ4n) is 1.43. The van der Waals surface area contributed by atoms with E-state index in [0.717, 1.165) is 12.5 Å². The minimum absolute atomic E-state index is 0.0482. The number of aromatic nitrogens is 3. The van der Waals surface area contributed by atoms with Gasteiger partial charge in [-0.05, 0) is 29.0 Å². The van der Waals surface area contributed by atoms with Crippen molar-refractivity contribution in [2.24, 2.45) is 0 Å². The van der Waals surface area contributed by atoms with Crippen molar-refractivity contribution in [2.75, 3.05) is 0 Å². The van der Waals surface area contributed by atoms with Crippen molar-refractivity contribution in [3.05, 3.63) is 46.0 Å². The van der Waals surface area contributed by atoms with E-state index in [1.165, 1.54) is 10.6 Å². The molecule has 2 rings (SSSR count). The molecule has 2 aromatic heterocycles. The highest BCUT2D eigenvalue weighted by atomic mass is 16.6. The molecule has 0 fully saturated rings. The van der Waals surface area contributed by atoms with Gasteiger partial charge in [-0.15, -0.1) is 0 Å². The van der Waals surface area contributed by atoms with Crippen molar-refractivity contribution in [2.45, 2.75) is 6.92 Å². The third kappa shape index (κ3) is 2.03. The third-order valence-corrected chi connectivity index (χ3v) is 2.25. The van der Waals surface area contributed by atoms with Crippen molar-refractivity contribution in [3.63, 3.8) is 0 Å². The van der Waals surface area contributed by atoms with Gasteiger partial charge in [-0.25, -0.2) is 9.78 Å². The van der Waals surface area contributed by atoms with E-state index in [-0.39, 0.29) is 17.2 Å². The molecule has 0 saturated carbocycles. The standard InChI is InChI=1S/C10H8N4O4/c1-6-2-3-7(10(15)16)9(12-6)13-4-8(11-5-13)14(17)18/h2-5H,1H3,(H,15,16). The Balaban J connectivity index is 2.57. The Bertz CT molecular complexity index is 635. The summed E-state index contributed by atoms with van der Waals surface area (Å²) < 4.78 is 1.22. The van der Waals surface area contributed by atoms with Crippen molar-refractivity contribution >= 4 is 11.8 Å². The van der Waals surface area contributed by atoms with Crippen LogP contribution in [0, 0.1) is 17.0 Å². The highest BCUT2D eigenvalue weighted by Crippen LogP contribution is 2.16. The second-order valence-electron chi connectivity index (χ2n) is 3.53. The lowest BCUT2D eigenvalue weighted by atomic mass is 10.2. The number of aryl methyl sites for hydroxylation is 1. The number of carbonyl (C=O) groups is 1. The quantitative estimate of drug-likeness (QED) is 0.644. The zero-order valence-corrected chi connectivity index (χ0v) is 9.27. The lowest BCUT2D eigenvalue weighted by Gasteiger charge is -2.05. The zero-order chi connectivity index (χ0) is 13.3. The van der Waals surface area contributed by atoms with Gasteiger partial charge in [0.05, 0.1) is 0 Å². The maximum atomic E-state index is 11.0. The molecule has 0 saturated heterocycles. The lowest BCUT2D eigenvalue weighted by Crippen LogP contribution is -2.07. The van der Waals surface area contributed by atoms with Crippen molar-refractivity contribution < 1.29 is 14.8 Å². The van der Waals surface area contributed by atoms with Gasteiger partial charge in [-0.3, -0.25) is 4.57 Å². The van der Waals surface area contributed by atoms with Gasteiger partial charge in [-0.2, -0.15) is 0 Å². The average Bonchev–Trinajstić information content (AvgIpc) is 2.77. The van der Waals surface area contributed by atoms with E-state index in [9.17, 15) is 14.9 Å². The van der Waals surface area contributed by atoms with Crippen LogP contribution in [0.5, 0.6) is 0 Å². The van der Waals surface area contributed by atoms with Gasteiger partial charge in [0, 0.05) is 5.69 Å². The van der Waals surface area contributed by atoms with Gasteiger partial charge in [0.15, 0.2) is 5.82 Å². The molecule has 0 aliphatic heterocycles. The molecule has 0 radical (unpaired) electrons. The van der Waals surface area contributed by atoms with Crippen LogP contribution >= 0.6 is 0 Å². The van der Waals surface area contributed by atoms with Crippen LogP contribution in [-0.4, -0.2) is 30.5 Å². The lowest BCUT2D eigenvalue weighted by molar-refractivity contribution is -0.389. The molecule has 0 bridgehead atoms. The molecular formula is C10H8N4O4. The number of carboxylic acids is 1. The number of rotatable bonds is 3. The highest BCUT2D eigenvalue weighted by Gasteiger charge is 2.17. The molecular weight excluding hydrogens is 240 g/mol. The summed E-state index contributed by atoms with van der Waals surface area (Å²) in [5.74, 6) is -1.42. The second-order valence-corrected chi connectivity index (χ2v) is 3.53. The van der Waals surface area contributed by atoms with Crippen LogP contribution in [0.15, 0.2) is 24.7 Å². The molecule has 18 heavy (non-hydrogen) atoms. The van der Waals surface area contributed by atoms with Crippen molar-refractivity contribution in [1.29, 1.82) is 0 Å². The maximum Gasteiger partial charge on any atom is 0.381 e. The molecule has 0 unspecified atom stereocenters. The molecule has 8 nitrogen and oxygen atoms in total. The van der Waals surface area contributed by atoms with Gasteiger partial charge < -0.3 is 15.2 Å². The minimum Gasteiger partial charge on any atom is -0.478 e. The SMILES string of the molecule is Cc1ccc(C(=O)O)c(-n2cnc([N+](=O)[O-])c2)n1. The van der Waals surface area contributed by atoms with E-state index in [1.807, 2.05) is 0 Å². The van der Waals surface area contributed by atoms with Gasteiger partial charge in [0.25, 0.3) is 0 Å². The summed E-state index contributed by atoms with van der Waals surface area (Å²) >= 11 is 0. The number of hydrogen-bond acceptors (Lipinski definition) is 5. The van der Waals surface area contributed by atoms with E-state index < -0.39 is 10.9 Å². The van der Waals surface area contributed by atoms with Gasteiger partial charge in [0.1, 0.15) is 11.8 Å². The van der Waals surface area contributed by atoms with Crippen LogP contribution in [0.4, 0.5) is 5.82 Å². The molecule has 1 N–H and O–H groups in total. The Morgan fingerprint density at radius 1 is 1.50 bits per heavy atom. The summed E-state index contributed by atoms with van der Waals surface area (Å²) in [6, 6.07) is 2.95. The van der Waals surface area contributed by atoms with E-state index in [4.69, 9.17) is 5.11 Å². The average molecular weight is 248 g/mol. The molecule has 0 aliphatic rings. The van der Waals surface area contributed by atoms with E-state index in [1.54, 1.807) is 13.0 Å². The second kappa shape index (κ2) is 4.24. The number of nitro groups is 1. The van der Waals surface area contributed by atoms with Crippen LogP contribution in [-0.2, 0) is 0 Å². The van der Waals surface area contributed by atoms with Crippen molar-refractivity contribution in [1.82, 2.24) is 14.5 Å². The predicted octanol–water partition coefficient (Wildman–Crippen LogP) is 1.18. The monoisotopic (exact) mass is 248 g/mol. The Hall–Kier alpha value is -2.77. The fraction of sp³-hybridized carbons (Fsp3) is 0.100. The number of carboxylic acid groups (broad SMARTS) is 1. The molecule has 0 spiro atoms. The summed E-state index contributed by atoms with van der Waals surface area (Å²) in [7, 11) is 0. The van der Waals surface area contributed by atoms with Gasteiger partial charge >= 0.3 is 11.8 Å². The fourth-order valence-corrected chi connectivity index (χ4v) is 1.43. The third-order valence-electron chi connectivity index (χ3n) is 2.25. The number of aromatic carboxylic acids is 1. The van der Waals surface area contributed by atoms with Crippen LogP contribution in [0.2, 0.25) is 0 Å². The summed E-state index contributed by atoms with van der Waals surface area (Å²) in [6.45, 7) is 1.69. The molecule has 0 atom stereocenters. The maximum absolute atomic E-state index is 11.0. The van der Waals surface area contributed by atoms with Crippen LogP contribution in [0.1, 0.15) is 16.1 Å². The summed E-state index contributed by atoms with van der Waals surface area (Å²) in [5, 5.41) is 19.6. The zero-order valence-electron chi connectivity index (χ0n) is 9.27. The largest absolute Gasteiger partial charge is 0.478 e. The number of hydrogen-bond donors (Lipinski definition) is 1. The first-order valence-electron chi connectivity index (χ1n) is 4.88. The number of nitrogens with zero attached hydrogens (tertiary/aromatic N) is 4. The van der Waals surface area contributed by atoms with Crippen molar-refractivity contribution in [3.8, 4) is 5.82 Å². The van der Waals surface area contributed by atoms with Crippen LogP contribution in [0.25, 0.3) is 5.82 Å². The van der Waals surface area contributed by atoms with E-state index >= 15 is 0 Å². The topological polar surface area (TPSA) is 111 Å². The van der Waals surface area contributed by atoms with E-state index in [2.05, 4.69) is 9.97 Å². The molecule has 2 heterocycles. The van der Waals surface area contributed by atoms with Crippen LogP contribution < -0.4 is 0 Å². The van der Waals surface area contributed by atoms with E-state index in [0.29, 0.717) is 5.69 Å². The first-order valence-corrected chi connectivity index (χ1v) is 4.88. The summed E-state index contributed by atoms with van der Waals surface area (Å²) in [4.78, 5) is 28.5. The number of imidazole rings is 1. The highest BCUT2D eigenvalue weighted by molar-refractivity contribution is 5.91. The number of pyridine rings is 1. The molecule has 0 aliphatic carbocycles. The summed E-state index contributed by atoms with van der Waals surface area (Å²) in [6.07, 6.45) is 2.28. The van der Waals surface area contributed by atoms with Gasteiger partial charge in [0.2, 0.25) is 6.33 Å². The normalized spacial score (nSPS) is 10.3. The molecule has 0 amide bonds. The van der Waals surface area contributed by atoms with Crippen LogP contribution in [0.3, 0.4) is 0 Å². The van der Waals surface area contributed by atoms with Gasteiger partial charge in [-0.1, -0.05) is 0 Å². The Labute approximate surface area is 101 Å². The minimum atomic E-state index is -1.16. The predicted molar refractivity (Wildman–Crippen MR) is 59.7 cm³/mol. The smallest absolute Gasteiger partial charge is 0.381 e. The summed E-state index contributed by atoms with van der Waals surface area (Å²) in [5.41, 5.74) is 0.555. The Kier molecular flexibility index (Phi) is 2.76. The first-order chi connectivity index (χ1) is 8.49. The Morgan fingerprint density at radius 3 is 2.78 bits per heavy atom. The molecule has 0 aromatic carbocycles. The molecule has 92 valence electrons. The molecule has 2 aromatic rings. The first kappa shape index (κ1) is 11.7. The Morgan fingerprint density at radius 2 is 2.22 bits per heavy atom.